The molecular weight excluding hydrogens is 530 g/mol. The van der Waals surface area contributed by atoms with E-state index in [9.17, 15) is 9.59 Å². The van der Waals surface area contributed by atoms with E-state index < -0.39 is 0 Å². The van der Waals surface area contributed by atoms with Crippen molar-refractivity contribution in [2.75, 3.05) is 11.9 Å². The SMILES string of the molecule is Cc1ccc(C(=O)N[C@@H](c2nc3cc(Br)ccc3n2Cc2ccccc2)C(C)C)c(NC(=O)CCN)c1. The van der Waals surface area contributed by atoms with Gasteiger partial charge in [-0.15, -0.1) is 0 Å². The third-order valence-electron chi connectivity index (χ3n) is 6.22. The Morgan fingerprint density at radius 1 is 1.05 bits per heavy atom. The second-order valence-corrected chi connectivity index (χ2v) is 10.4. The predicted octanol–water partition coefficient (Wildman–Crippen LogP) is 5.57. The van der Waals surface area contributed by atoms with Gasteiger partial charge in [-0.2, -0.15) is 0 Å². The van der Waals surface area contributed by atoms with Crippen LogP contribution in [0.4, 0.5) is 5.69 Å². The molecule has 0 aliphatic carbocycles. The maximum absolute atomic E-state index is 13.6. The molecule has 0 unspecified atom stereocenters. The quantitative estimate of drug-likeness (QED) is 0.248. The topological polar surface area (TPSA) is 102 Å². The summed E-state index contributed by atoms with van der Waals surface area (Å²) in [6, 6.07) is 21.3. The first-order valence-corrected chi connectivity index (χ1v) is 13.2. The zero-order chi connectivity index (χ0) is 26.5. The Bertz CT molecular complexity index is 1410. The van der Waals surface area contributed by atoms with E-state index in [0.29, 0.717) is 17.8 Å². The summed E-state index contributed by atoms with van der Waals surface area (Å²) in [6.07, 6.45) is 0.183. The standard InChI is InChI=1S/C29H32BrN5O2/c1-18(2)27(34-29(37)22-11-9-19(3)15-23(22)32-26(36)13-14-31)28-33-24-16-21(30)10-12-25(24)35(28)17-20-7-5-4-6-8-20/h4-12,15-16,18,27H,13-14,17,31H2,1-3H3,(H,32,36)(H,34,37)/t27-/m1/s1. The summed E-state index contributed by atoms with van der Waals surface area (Å²) < 4.78 is 3.11. The molecule has 0 saturated heterocycles. The summed E-state index contributed by atoms with van der Waals surface area (Å²) in [7, 11) is 0. The van der Waals surface area contributed by atoms with Gasteiger partial charge in [-0.05, 0) is 54.3 Å². The minimum atomic E-state index is -0.365. The highest BCUT2D eigenvalue weighted by atomic mass is 79.9. The molecule has 4 aromatic rings. The van der Waals surface area contributed by atoms with Gasteiger partial charge in [0.1, 0.15) is 5.82 Å². The fourth-order valence-electron chi connectivity index (χ4n) is 4.34. The Kier molecular flexibility index (Phi) is 8.41. The van der Waals surface area contributed by atoms with Crippen molar-refractivity contribution in [2.24, 2.45) is 11.7 Å². The summed E-state index contributed by atoms with van der Waals surface area (Å²) >= 11 is 3.55. The number of hydrogen-bond donors (Lipinski definition) is 3. The largest absolute Gasteiger partial charge is 0.342 e. The second-order valence-electron chi connectivity index (χ2n) is 9.51. The van der Waals surface area contributed by atoms with Crippen LogP contribution in [0.3, 0.4) is 0 Å². The molecule has 8 heteroatoms. The zero-order valence-electron chi connectivity index (χ0n) is 21.3. The van der Waals surface area contributed by atoms with Gasteiger partial charge in [0, 0.05) is 24.0 Å². The first-order valence-electron chi connectivity index (χ1n) is 12.4. The summed E-state index contributed by atoms with van der Waals surface area (Å²) in [6.45, 7) is 6.90. The lowest BCUT2D eigenvalue weighted by molar-refractivity contribution is -0.116. The molecule has 7 nitrogen and oxygen atoms in total. The minimum absolute atomic E-state index is 0.0551. The van der Waals surface area contributed by atoms with Crippen LogP contribution in [0.2, 0.25) is 0 Å². The molecule has 37 heavy (non-hydrogen) atoms. The van der Waals surface area contributed by atoms with Crippen molar-refractivity contribution in [3.05, 3.63) is 93.7 Å². The normalized spacial score (nSPS) is 12.1. The molecular formula is C29H32BrN5O2. The van der Waals surface area contributed by atoms with Crippen LogP contribution >= 0.6 is 15.9 Å². The predicted molar refractivity (Wildman–Crippen MR) is 152 cm³/mol. The number of benzene rings is 3. The van der Waals surface area contributed by atoms with Crippen LogP contribution < -0.4 is 16.4 Å². The van der Waals surface area contributed by atoms with Crippen molar-refractivity contribution in [2.45, 2.75) is 39.8 Å². The van der Waals surface area contributed by atoms with Gasteiger partial charge in [-0.3, -0.25) is 9.59 Å². The number of nitrogens with two attached hydrogens (primary N) is 1. The van der Waals surface area contributed by atoms with E-state index in [1.54, 1.807) is 12.1 Å². The Hall–Kier alpha value is -3.49. The smallest absolute Gasteiger partial charge is 0.253 e. The molecule has 3 aromatic carbocycles. The molecule has 4 rings (SSSR count). The number of anilines is 1. The van der Waals surface area contributed by atoms with Gasteiger partial charge in [0.25, 0.3) is 5.91 Å². The number of aryl methyl sites for hydroxylation is 1. The average molecular weight is 563 g/mol. The fourth-order valence-corrected chi connectivity index (χ4v) is 4.69. The lowest BCUT2D eigenvalue weighted by atomic mass is 10.0. The molecule has 0 aliphatic heterocycles. The van der Waals surface area contributed by atoms with Gasteiger partial charge in [0.05, 0.1) is 28.3 Å². The number of fused-ring (bicyclic) bond motifs is 1. The zero-order valence-corrected chi connectivity index (χ0v) is 22.9. The van der Waals surface area contributed by atoms with Gasteiger partial charge in [-0.1, -0.05) is 66.2 Å². The molecule has 0 spiro atoms. The first kappa shape index (κ1) is 26.6. The molecule has 4 N–H and O–H groups in total. The summed E-state index contributed by atoms with van der Waals surface area (Å²) in [5.41, 5.74) is 10.3. The maximum Gasteiger partial charge on any atom is 0.253 e. The maximum atomic E-state index is 13.6. The monoisotopic (exact) mass is 561 g/mol. The van der Waals surface area contributed by atoms with E-state index in [2.05, 4.69) is 57.1 Å². The van der Waals surface area contributed by atoms with Crippen LogP contribution in [0.1, 0.15) is 53.6 Å². The summed E-state index contributed by atoms with van der Waals surface area (Å²) in [5, 5.41) is 6.05. The Morgan fingerprint density at radius 2 is 1.81 bits per heavy atom. The summed E-state index contributed by atoms with van der Waals surface area (Å²) in [4.78, 5) is 30.8. The van der Waals surface area contributed by atoms with E-state index in [4.69, 9.17) is 10.7 Å². The molecule has 0 radical (unpaired) electrons. The highest BCUT2D eigenvalue weighted by molar-refractivity contribution is 9.10. The molecule has 1 atom stereocenters. The van der Waals surface area contributed by atoms with Crippen LogP contribution in [0.15, 0.2) is 71.2 Å². The van der Waals surface area contributed by atoms with Crippen molar-refractivity contribution in [3.8, 4) is 0 Å². The first-order chi connectivity index (χ1) is 17.8. The third kappa shape index (κ3) is 6.26. The van der Waals surface area contributed by atoms with Crippen LogP contribution in [0, 0.1) is 12.8 Å². The molecule has 0 fully saturated rings. The van der Waals surface area contributed by atoms with E-state index in [0.717, 1.165) is 32.5 Å². The Labute approximate surface area is 225 Å². The van der Waals surface area contributed by atoms with Gasteiger partial charge in [0.15, 0.2) is 0 Å². The number of imidazole rings is 1. The molecule has 0 aliphatic rings. The summed E-state index contributed by atoms with van der Waals surface area (Å²) in [5.74, 6) is 0.333. The molecule has 2 amide bonds. The van der Waals surface area contributed by atoms with Crippen LogP contribution in [0.25, 0.3) is 11.0 Å². The number of halogens is 1. The molecule has 0 saturated carbocycles. The fraction of sp³-hybridized carbons (Fsp3) is 0.276. The third-order valence-corrected chi connectivity index (χ3v) is 6.71. The van der Waals surface area contributed by atoms with E-state index in [1.165, 1.54) is 0 Å². The number of carbonyl (C=O) groups excluding carboxylic acids is 2. The average Bonchev–Trinajstić information content (AvgIpc) is 3.19. The van der Waals surface area contributed by atoms with Crippen LogP contribution in [0.5, 0.6) is 0 Å². The molecule has 1 aromatic heterocycles. The van der Waals surface area contributed by atoms with Gasteiger partial charge < -0.3 is 20.9 Å². The number of amides is 2. The van der Waals surface area contributed by atoms with Crippen molar-refractivity contribution >= 4 is 44.5 Å². The van der Waals surface area contributed by atoms with E-state index in [1.807, 2.05) is 49.4 Å². The molecule has 1 heterocycles. The number of hydrogen-bond acceptors (Lipinski definition) is 4. The number of rotatable bonds is 9. The van der Waals surface area contributed by atoms with Crippen LogP contribution in [-0.2, 0) is 11.3 Å². The van der Waals surface area contributed by atoms with Crippen molar-refractivity contribution in [1.29, 1.82) is 0 Å². The van der Waals surface area contributed by atoms with Gasteiger partial charge in [-0.25, -0.2) is 4.98 Å². The number of nitrogens with one attached hydrogen (secondary N) is 2. The van der Waals surface area contributed by atoms with Gasteiger partial charge in [0.2, 0.25) is 5.91 Å². The van der Waals surface area contributed by atoms with Crippen molar-refractivity contribution in [1.82, 2.24) is 14.9 Å². The molecule has 192 valence electrons. The van der Waals surface area contributed by atoms with Crippen LogP contribution in [-0.4, -0.2) is 27.9 Å². The lowest BCUT2D eigenvalue weighted by Crippen LogP contribution is -2.34. The molecule has 0 bridgehead atoms. The van der Waals surface area contributed by atoms with E-state index in [-0.39, 0.29) is 36.7 Å². The number of nitrogens with zero attached hydrogens (tertiary/aromatic N) is 2. The van der Waals surface area contributed by atoms with Gasteiger partial charge >= 0.3 is 0 Å². The van der Waals surface area contributed by atoms with Crippen molar-refractivity contribution in [3.63, 3.8) is 0 Å². The minimum Gasteiger partial charge on any atom is -0.342 e. The second kappa shape index (κ2) is 11.7. The highest BCUT2D eigenvalue weighted by Crippen LogP contribution is 2.29. The Morgan fingerprint density at radius 3 is 2.51 bits per heavy atom. The lowest BCUT2D eigenvalue weighted by Gasteiger charge is -2.24. The van der Waals surface area contributed by atoms with Crippen molar-refractivity contribution < 1.29 is 9.59 Å². The Balaban J connectivity index is 1.73. The number of aromatic nitrogens is 2. The highest BCUT2D eigenvalue weighted by Gasteiger charge is 2.27. The number of carbonyl (C=O) groups is 2. The van der Waals surface area contributed by atoms with E-state index >= 15 is 0 Å².